The monoisotopic (exact) mass is 389 g/mol. The summed E-state index contributed by atoms with van der Waals surface area (Å²) in [5.41, 5.74) is 1.90. The quantitative estimate of drug-likeness (QED) is 0.511. The Morgan fingerprint density at radius 3 is 2.71 bits per heavy atom. The first-order chi connectivity index (χ1) is 13.8. The first-order valence-electron chi connectivity index (χ1n) is 9.00. The third-order valence-electron chi connectivity index (χ3n) is 4.23. The van der Waals surface area contributed by atoms with Crippen LogP contribution in [-0.2, 0) is 13.0 Å². The fraction of sp³-hybridized carbons (Fsp3) is 0.143. The molecule has 0 aliphatic carbocycles. The SMILES string of the molecule is O=C(CCc1ccccc1)n1nc(-c2cccnc2)nc1NCc1cccs1. The number of aromatic nitrogens is 4. The van der Waals surface area contributed by atoms with Crippen molar-refractivity contribution in [2.24, 2.45) is 0 Å². The number of rotatable bonds is 7. The van der Waals surface area contributed by atoms with Gasteiger partial charge in [0.05, 0.1) is 6.54 Å². The summed E-state index contributed by atoms with van der Waals surface area (Å²) >= 11 is 1.65. The van der Waals surface area contributed by atoms with Crippen LogP contribution >= 0.6 is 11.3 Å². The van der Waals surface area contributed by atoms with E-state index in [2.05, 4.69) is 20.4 Å². The molecule has 3 aromatic heterocycles. The molecule has 4 aromatic rings. The van der Waals surface area contributed by atoms with Gasteiger partial charge in [-0.15, -0.1) is 16.4 Å². The lowest BCUT2D eigenvalue weighted by Crippen LogP contribution is -2.17. The second-order valence-electron chi connectivity index (χ2n) is 6.22. The Balaban J connectivity index is 1.56. The van der Waals surface area contributed by atoms with Crippen LogP contribution in [0.3, 0.4) is 0 Å². The number of benzene rings is 1. The number of pyridine rings is 1. The van der Waals surface area contributed by atoms with Crippen molar-refractivity contribution in [1.29, 1.82) is 0 Å². The van der Waals surface area contributed by atoms with E-state index in [0.717, 1.165) is 16.0 Å². The zero-order valence-electron chi connectivity index (χ0n) is 15.2. The fourth-order valence-corrected chi connectivity index (χ4v) is 3.44. The van der Waals surface area contributed by atoms with Crippen LogP contribution < -0.4 is 5.32 Å². The van der Waals surface area contributed by atoms with E-state index in [-0.39, 0.29) is 5.91 Å². The highest BCUT2D eigenvalue weighted by atomic mass is 32.1. The summed E-state index contributed by atoms with van der Waals surface area (Å²) in [6.07, 6.45) is 4.40. The molecular weight excluding hydrogens is 370 g/mol. The molecule has 7 heteroatoms. The van der Waals surface area contributed by atoms with Gasteiger partial charge in [0.15, 0.2) is 5.82 Å². The summed E-state index contributed by atoms with van der Waals surface area (Å²) in [6, 6.07) is 17.7. The standard InChI is InChI=1S/C21H19N5OS/c27-19(11-10-16-6-2-1-3-7-16)26-21(23-15-18-9-5-13-28-18)24-20(25-26)17-8-4-12-22-14-17/h1-9,12-14H,10-11,15H2,(H,23,24,25). The molecule has 0 saturated heterocycles. The van der Waals surface area contributed by atoms with Crippen LogP contribution in [0.2, 0.25) is 0 Å². The Morgan fingerprint density at radius 2 is 1.96 bits per heavy atom. The molecule has 0 radical (unpaired) electrons. The summed E-state index contributed by atoms with van der Waals surface area (Å²) in [5.74, 6) is 0.834. The van der Waals surface area contributed by atoms with Crippen LogP contribution in [-0.4, -0.2) is 25.7 Å². The molecule has 6 nitrogen and oxygen atoms in total. The first kappa shape index (κ1) is 18.1. The number of carbonyl (C=O) groups is 1. The molecule has 1 aromatic carbocycles. The molecule has 0 aliphatic heterocycles. The number of nitrogens with zero attached hydrogens (tertiary/aromatic N) is 4. The van der Waals surface area contributed by atoms with E-state index in [1.165, 1.54) is 4.68 Å². The smallest absolute Gasteiger partial charge is 0.250 e. The minimum atomic E-state index is -0.0971. The zero-order chi connectivity index (χ0) is 19.2. The van der Waals surface area contributed by atoms with Gasteiger partial charge in [0.25, 0.3) is 0 Å². The minimum Gasteiger partial charge on any atom is -0.349 e. The van der Waals surface area contributed by atoms with E-state index in [9.17, 15) is 4.79 Å². The molecule has 0 amide bonds. The Labute approximate surface area is 166 Å². The van der Waals surface area contributed by atoms with Gasteiger partial charge in [0.2, 0.25) is 11.9 Å². The van der Waals surface area contributed by atoms with Gasteiger partial charge in [-0.05, 0) is 35.6 Å². The molecule has 0 atom stereocenters. The highest BCUT2D eigenvalue weighted by Gasteiger charge is 2.17. The third-order valence-corrected chi connectivity index (χ3v) is 5.11. The van der Waals surface area contributed by atoms with Crippen molar-refractivity contribution in [2.45, 2.75) is 19.4 Å². The summed E-state index contributed by atoms with van der Waals surface area (Å²) in [5, 5.41) is 9.71. The van der Waals surface area contributed by atoms with Crippen molar-refractivity contribution in [3.63, 3.8) is 0 Å². The maximum Gasteiger partial charge on any atom is 0.250 e. The fourth-order valence-electron chi connectivity index (χ4n) is 2.80. The Kier molecular flexibility index (Phi) is 5.53. The second-order valence-corrected chi connectivity index (χ2v) is 7.26. The Morgan fingerprint density at radius 1 is 1.07 bits per heavy atom. The van der Waals surface area contributed by atoms with Crippen LogP contribution in [0.1, 0.15) is 21.7 Å². The van der Waals surface area contributed by atoms with Crippen LogP contribution in [0, 0.1) is 0 Å². The molecule has 1 N–H and O–H groups in total. The van der Waals surface area contributed by atoms with Gasteiger partial charge in [-0.1, -0.05) is 36.4 Å². The van der Waals surface area contributed by atoms with Gasteiger partial charge in [-0.2, -0.15) is 9.67 Å². The summed E-state index contributed by atoms with van der Waals surface area (Å²) in [4.78, 5) is 22.7. The molecule has 4 rings (SSSR count). The van der Waals surface area contributed by atoms with Gasteiger partial charge in [0, 0.05) is 29.3 Å². The van der Waals surface area contributed by atoms with Crippen LogP contribution in [0.25, 0.3) is 11.4 Å². The number of aryl methyl sites for hydroxylation is 1. The average molecular weight is 389 g/mol. The number of carbonyl (C=O) groups excluding carboxylic acids is 1. The zero-order valence-corrected chi connectivity index (χ0v) is 16.0. The van der Waals surface area contributed by atoms with Crippen LogP contribution in [0.15, 0.2) is 72.4 Å². The second kappa shape index (κ2) is 8.58. The van der Waals surface area contributed by atoms with Crippen molar-refractivity contribution in [3.05, 3.63) is 82.8 Å². The topological polar surface area (TPSA) is 72.7 Å². The van der Waals surface area contributed by atoms with Crippen LogP contribution in [0.5, 0.6) is 0 Å². The molecule has 28 heavy (non-hydrogen) atoms. The van der Waals surface area contributed by atoms with Gasteiger partial charge in [-0.25, -0.2) is 0 Å². The Hall–Kier alpha value is -3.32. The lowest BCUT2D eigenvalue weighted by molar-refractivity contribution is 0.0890. The maximum atomic E-state index is 12.9. The third kappa shape index (κ3) is 4.32. The van der Waals surface area contributed by atoms with E-state index < -0.39 is 0 Å². The highest BCUT2D eigenvalue weighted by molar-refractivity contribution is 7.09. The average Bonchev–Trinajstić information content (AvgIpc) is 3.42. The molecular formula is C21H19N5OS. The van der Waals surface area contributed by atoms with Crippen molar-refractivity contribution >= 4 is 23.2 Å². The van der Waals surface area contributed by atoms with E-state index in [1.807, 2.05) is 60.0 Å². The largest absolute Gasteiger partial charge is 0.349 e. The summed E-state index contributed by atoms with van der Waals surface area (Å²) in [7, 11) is 0. The molecule has 0 saturated carbocycles. The summed E-state index contributed by atoms with van der Waals surface area (Å²) in [6.45, 7) is 0.592. The van der Waals surface area contributed by atoms with E-state index in [4.69, 9.17) is 0 Å². The Bertz CT molecular complexity index is 1030. The number of hydrogen-bond acceptors (Lipinski definition) is 6. The number of thiophene rings is 1. The van der Waals surface area contributed by atoms with Crippen molar-refractivity contribution in [1.82, 2.24) is 19.7 Å². The maximum absolute atomic E-state index is 12.9. The molecule has 140 valence electrons. The van der Waals surface area contributed by atoms with Crippen molar-refractivity contribution in [2.75, 3.05) is 5.32 Å². The van der Waals surface area contributed by atoms with Gasteiger partial charge in [-0.3, -0.25) is 9.78 Å². The van der Waals surface area contributed by atoms with Gasteiger partial charge < -0.3 is 5.32 Å². The first-order valence-corrected chi connectivity index (χ1v) is 9.88. The van der Waals surface area contributed by atoms with Crippen molar-refractivity contribution < 1.29 is 4.79 Å². The number of nitrogens with one attached hydrogen (secondary N) is 1. The predicted molar refractivity (Wildman–Crippen MR) is 110 cm³/mol. The normalized spacial score (nSPS) is 10.7. The molecule has 3 heterocycles. The van der Waals surface area contributed by atoms with Crippen LogP contribution in [0.4, 0.5) is 5.95 Å². The molecule has 0 fully saturated rings. The molecule has 0 aliphatic rings. The molecule has 0 spiro atoms. The lowest BCUT2D eigenvalue weighted by Gasteiger charge is -2.06. The van der Waals surface area contributed by atoms with E-state index in [0.29, 0.717) is 31.2 Å². The molecule has 0 bridgehead atoms. The highest BCUT2D eigenvalue weighted by Crippen LogP contribution is 2.19. The minimum absolute atomic E-state index is 0.0971. The number of hydrogen-bond donors (Lipinski definition) is 1. The summed E-state index contributed by atoms with van der Waals surface area (Å²) < 4.78 is 1.37. The number of anilines is 1. The molecule has 0 unspecified atom stereocenters. The van der Waals surface area contributed by atoms with E-state index in [1.54, 1.807) is 23.7 Å². The van der Waals surface area contributed by atoms with Gasteiger partial charge >= 0.3 is 0 Å². The van der Waals surface area contributed by atoms with Crippen molar-refractivity contribution in [3.8, 4) is 11.4 Å². The van der Waals surface area contributed by atoms with E-state index >= 15 is 0 Å². The lowest BCUT2D eigenvalue weighted by atomic mass is 10.1. The van der Waals surface area contributed by atoms with Gasteiger partial charge in [0.1, 0.15) is 0 Å². The predicted octanol–water partition coefficient (Wildman–Crippen LogP) is 4.29.